The number of hydrogen-bond donors (Lipinski definition) is 2. The maximum atomic E-state index is 12.8. The number of anilines is 1. The Hall–Kier alpha value is -2.39. The van der Waals surface area contributed by atoms with Crippen molar-refractivity contribution in [1.29, 1.82) is 0 Å². The molecule has 0 atom stereocenters. The van der Waals surface area contributed by atoms with Gasteiger partial charge in [-0.25, -0.2) is 9.07 Å². The summed E-state index contributed by atoms with van der Waals surface area (Å²) in [6.45, 7) is 0. The molecule has 3 aromatic rings. The number of nitrogen functional groups attached to an aromatic ring is 1. The van der Waals surface area contributed by atoms with Crippen molar-refractivity contribution in [1.82, 2.24) is 14.9 Å². The summed E-state index contributed by atoms with van der Waals surface area (Å²) in [7, 11) is 0. The Labute approximate surface area is 139 Å². The van der Waals surface area contributed by atoms with Gasteiger partial charge < -0.3 is 11.2 Å². The average Bonchev–Trinajstić information content (AvgIpc) is 3.17. The Balaban J connectivity index is 1.60. The van der Waals surface area contributed by atoms with E-state index in [1.807, 2.05) is 17.5 Å². The predicted molar refractivity (Wildman–Crippen MR) is 89.2 cm³/mol. The number of carbonyl (C=O) groups excluding carboxylic acids is 1. The van der Waals surface area contributed by atoms with Gasteiger partial charge in [-0.15, -0.1) is 21.5 Å². The normalized spacial score (nSPS) is 10.7. The molecule has 0 fully saturated rings. The lowest BCUT2D eigenvalue weighted by Gasteiger charge is -2.05. The molecule has 3 N–H and O–H groups in total. The van der Waals surface area contributed by atoms with E-state index in [0.717, 1.165) is 4.88 Å². The monoisotopic (exact) mass is 349 g/mol. The maximum absolute atomic E-state index is 12.8. The van der Waals surface area contributed by atoms with Crippen molar-refractivity contribution in [3.05, 3.63) is 47.6 Å². The van der Waals surface area contributed by atoms with Crippen molar-refractivity contribution in [2.75, 3.05) is 16.9 Å². The largest absolute Gasteiger partial charge is 0.335 e. The minimum absolute atomic E-state index is 0.122. The van der Waals surface area contributed by atoms with Crippen molar-refractivity contribution >= 4 is 34.7 Å². The summed E-state index contributed by atoms with van der Waals surface area (Å²) in [6.07, 6.45) is 0. The van der Waals surface area contributed by atoms with Crippen LogP contribution in [0, 0.1) is 5.82 Å². The van der Waals surface area contributed by atoms with Crippen LogP contribution in [-0.4, -0.2) is 26.5 Å². The summed E-state index contributed by atoms with van der Waals surface area (Å²) in [6, 6.07) is 9.36. The minimum atomic E-state index is -0.352. The highest BCUT2D eigenvalue weighted by molar-refractivity contribution is 7.99. The third-order valence-electron chi connectivity index (χ3n) is 2.87. The molecule has 2 aromatic heterocycles. The molecule has 0 aliphatic rings. The maximum Gasteiger partial charge on any atom is 0.234 e. The lowest BCUT2D eigenvalue weighted by atomic mass is 10.3. The molecule has 6 nitrogen and oxygen atoms in total. The number of hydrogen-bond acceptors (Lipinski definition) is 6. The summed E-state index contributed by atoms with van der Waals surface area (Å²) < 4.78 is 14.2. The Morgan fingerprint density at radius 2 is 2.09 bits per heavy atom. The van der Waals surface area contributed by atoms with Crippen LogP contribution in [0.15, 0.2) is 46.9 Å². The second-order valence-corrected chi connectivity index (χ2v) is 6.39. The molecule has 0 spiro atoms. The number of thioether (sulfide) groups is 1. The van der Waals surface area contributed by atoms with Gasteiger partial charge >= 0.3 is 0 Å². The zero-order chi connectivity index (χ0) is 16.2. The van der Waals surface area contributed by atoms with Gasteiger partial charge in [0, 0.05) is 5.69 Å². The van der Waals surface area contributed by atoms with Crippen LogP contribution in [0.4, 0.5) is 10.1 Å². The quantitative estimate of drug-likeness (QED) is 0.546. The van der Waals surface area contributed by atoms with Gasteiger partial charge in [0.25, 0.3) is 0 Å². The van der Waals surface area contributed by atoms with Crippen molar-refractivity contribution in [3.63, 3.8) is 0 Å². The van der Waals surface area contributed by atoms with Crippen LogP contribution < -0.4 is 11.2 Å². The van der Waals surface area contributed by atoms with E-state index in [1.165, 1.54) is 52.0 Å². The van der Waals surface area contributed by atoms with Crippen LogP contribution in [0.5, 0.6) is 0 Å². The van der Waals surface area contributed by atoms with E-state index < -0.39 is 0 Å². The van der Waals surface area contributed by atoms with Gasteiger partial charge in [-0.3, -0.25) is 4.79 Å². The molecule has 0 radical (unpaired) electrons. The fraction of sp³-hybridized carbons (Fsp3) is 0.0714. The molecule has 0 aliphatic carbocycles. The zero-order valence-electron chi connectivity index (χ0n) is 11.8. The zero-order valence-corrected chi connectivity index (χ0v) is 13.4. The van der Waals surface area contributed by atoms with Gasteiger partial charge in [0.2, 0.25) is 11.1 Å². The predicted octanol–water partition coefficient (Wildman–Crippen LogP) is 2.59. The van der Waals surface area contributed by atoms with Crippen LogP contribution in [0.25, 0.3) is 10.7 Å². The van der Waals surface area contributed by atoms with E-state index >= 15 is 0 Å². The highest BCUT2D eigenvalue weighted by Crippen LogP contribution is 2.25. The van der Waals surface area contributed by atoms with Crippen molar-refractivity contribution in [2.45, 2.75) is 5.16 Å². The molecule has 3 rings (SSSR count). The second kappa shape index (κ2) is 6.80. The molecule has 23 heavy (non-hydrogen) atoms. The highest BCUT2D eigenvalue weighted by atomic mass is 32.2. The second-order valence-electron chi connectivity index (χ2n) is 4.50. The number of benzene rings is 1. The first-order valence-corrected chi connectivity index (χ1v) is 8.42. The van der Waals surface area contributed by atoms with Crippen molar-refractivity contribution in [2.24, 2.45) is 0 Å². The number of halogens is 1. The van der Waals surface area contributed by atoms with Crippen molar-refractivity contribution < 1.29 is 9.18 Å². The average molecular weight is 349 g/mol. The summed E-state index contributed by atoms with van der Waals surface area (Å²) in [5.74, 6) is 6.05. The Bertz CT molecular complexity index is 801. The van der Waals surface area contributed by atoms with E-state index in [2.05, 4.69) is 15.5 Å². The number of amides is 1. The molecule has 1 aromatic carbocycles. The van der Waals surface area contributed by atoms with Crippen LogP contribution in [-0.2, 0) is 4.79 Å². The van der Waals surface area contributed by atoms with E-state index in [1.54, 1.807) is 0 Å². The summed E-state index contributed by atoms with van der Waals surface area (Å²) in [4.78, 5) is 12.8. The molecule has 1 amide bonds. The number of nitrogens with zero attached hydrogens (tertiary/aromatic N) is 3. The molecule has 0 saturated carbocycles. The first-order valence-electron chi connectivity index (χ1n) is 6.56. The Morgan fingerprint density at radius 3 is 2.78 bits per heavy atom. The molecule has 118 valence electrons. The lowest BCUT2D eigenvalue weighted by Crippen LogP contribution is -2.16. The standard InChI is InChI=1S/C14H12FN5OS2/c15-9-3-5-10(6-4-9)17-12(21)8-23-14-19-18-13(20(14)16)11-2-1-7-22-11/h1-7H,8,16H2,(H,17,21). The van der Waals surface area contributed by atoms with Crippen LogP contribution in [0.2, 0.25) is 0 Å². The SMILES string of the molecule is Nn1c(SCC(=O)Nc2ccc(F)cc2)nnc1-c1cccs1. The highest BCUT2D eigenvalue weighted by Gasteiger charge is 2.14. The number of nitrogens with one attached hydrogen (secondary N) is 1. The topological polar surface area (TPSA) is 85.8 Å². The van der Waals surface area contributed by atoms with Gasteiger partial charge in [-0.05, 0) is 35.7 Å². The summed E-state index contributed by atoms with van der Waals surface area (Å²) in [5.41, 5.74) is 0.533. The molecule has 0 aliphatic heterocycles. The number of rotatable bonds is 5. The van der Waals surface area contributed by atoms with Crippen LogP contribution in [0.3, 0.4) is 0 Å². The molecule has 2 heterocycles. The molecular formula is C14H12FN5OS2. The molecule has 0 saturated heterocycles. The minimum Gasteiger partial charge on any atom is -0.335 e. The summed E-state index contributed by atoms with van der Waals surface area (Å²) >= 11 is 2.69. The summed E-state index contributed by atoms with van der Waals surface area (Å²) in [5, 5.41) is 13.1. The fourth-order valence-corrected chi connectivity index (χ4v) is 3.17. The number of carbonyl (C=O) groups is 1. The van der Waals surface area contributed by atoms with Gasteiger partial charge in [0.1, 0.15) is 5.82 Å². The molecule has 0 bridgehead atoms. The number of aromatic nitrogens is 3. The van der Waals surface area contributed by atoms with Crippen molar-refractivity contribution in [3.8, 4) is 10.7 Å². The van der Waals surface area contributed by atoms with E-state index in [0.29, 0.717) is 16.7 Å². The first-order chi connectivity index (χ1) is 11.1. The van der Waals surface area contributed by atoms with Crippen LogP contribution in [0.1, 0.15) is 0 Å². The van der Waals surface area contributed by atoms with Gasteiger partial charge in [-0.1, -0.05) is 17.8 Å². The van der Waals surface area contributed by atoms with Gasteiger partial charge in [0.15, 0.2) is 5.82 Å². The van der Waals surface area contributed by atoms with E-state index in [4.69, 9.17) is 5.84 Å². The number of thiophene rings is 1. The van der Waals surface area contributed by atoms with E-state index in [9.17, 15) is 9.18 Å². The van der Waals surface area contributed by atoms with E-state index in [-0.39, 0.29) is 17.5 Å². The fourth-order valence-electron chi connectivity index (χ4n) is 1.81. The van der Waals surface area contributed by atoms with Gasteiger partial charge in [0.05, 0.1) is 10.6 Å². The molecule has 9 heteroatoms. The molecule has 0 unspecified atom stereocenters. The molecular weight excluding hydrogens is 337 g/mol. The Kier molecular flexibility index (Phi) is 4.58. The smallest absolute Gasteiger partial charge is 0.234 e. The lowest BCUT2D eigenvalue weighted by molar-refractivity contribution is -0.113. The third-order valence-corrected chi connectivity index (χ3v) is 4.68. The third kappa shape index (κ3) is 3.69. The first kappa shape index (κ1) is 15.5. The van der Waals surface area contributed by atoms with Crippen LogP contribution >= 0.6 is 23.1 Å². The Morgan fingerprint density at radius 1 is 1.30 bits per heavy atom. The van der Waals surface area contributed by atoms with Gasteiger partial charge in [-0.2, -0.15) is 0 Å². The number of nitrogens with two attached hydrogens (primary N) is 1.